The van der Waals surface area contributed by atoms with E-state index in [2.05, 4.69) is 5.32 Å². The maximum atomic E-state index is 12.0. The van der Waals surface area contributed by atoms with Crippen LogP contribution in [0.15, 0.2) is 0 Å². The fourth-order valence-corrected chi connectivity index (χ4v) is 1.55. The lowest BCUT2D eigenvalue weighted by Gasteiger charge is -2.24. The molecule has 0 aromatic heterocycles. The highest BCUT2D eigenvalue weighted by molar-refractivity contribution is 5.85. The third-order valence-corrected chi connectivity index (χ3v) is 2.58. The van der Waals surface area contributed by atoms with Gasteiger partial charge in [-0.05, 0) is 13.3 Å². The topological polar surface area (TPSA) is 75.4 Å². The predicted molar refractivity (Wildman–Crippen MR) is 63.8 cm³/mol. The Morgan fingerprint density at radius 1 is 1.38 bits per heavy atom. The Morgan fingerprint density at radius 3 is 2.38 bits per heavy atom. The number of hydrogen-bond acceptors (Lipinski definition) is 3. The van der Waals surface area contributed by atoms with Crippen LogP contribution in [0.4, 0.5) is 0 Å². The molecule has 94 valence electrons. The van der Waals surface area contributed by atoms with Crippen LogP contribution in [0.1, 0.15) is 26.7 Å². The van der Waals surface area contributed by atoms with Gasteiger partial charge in [-0.1, -0.05) is 13.3 Å². The number of carbonyl (C=O) groups excluding carboxylic acids is 2. The van der Waals surface area contributed by atoms with Gasteiger partial charge in [-0.25, -0.2) is 0 Å². The molecule has 0 fully saturated rings. The molecular weight excluding hydrogens is 206 g/mol. The zero-order valence-electron chi connectivity index (χ0n) is 10.5. The maximum Gasteiger partial charge on any atom is 0.239 e. The molecule has 0 heterocycles. The molecule has 0 rings (SSSR count). The van der Waals surface area contributed by atoms with Gasteiger partial charge in [0.05, 0.1) is 12.5 Å². The van der Waals surface area contributed by atoms with Crippen LogP contribution >= 0.6 is 0 Å². The molecule has 0 spiro atoms. The van der Waals surface area contributed by atoms with E-state index < -0.39 is 0 Å². The summed E-state index contributed by atoms with van der Waals surface area (Å²) >= 11 is 0. The summed E-state index contributed by atoms with van der Waals surface area (Å²) in [6, 6.07) is 0. The third kappa shape index (κ3) is 4.61. The Morgan fingerprint density at radius 2 is 2.00 bits per heavy atom. The quantitative estimate of drug-likeness (QED) is 0.643. The summed E-state index contributed by atoms with van der Waals surface area (Å²) in [7, 11) is 1.56. The molecule has 0 aromatic rings. The van der Waals surface area contributed by atoms with Crippen LogP contribution in [0.25, 0.3) is 0 Å². The van der Waals surface area contributed by atoms with E-state index in [1.807, 2.05) is 13.8 Å². The molecule has 3 N–H and O–H groups in total. The van der Waals surface area contributed by atoms with E-state index >= 15 is 0 Å². The summed E-state index contributed by atoms with van der Waals surface area (Å²) in [5, 5.41) is 2.51. The average molecular weight is 229 g/mol. The summed E-state index contributed by atoms with van der Waals surface area (Å²) in [4.78, 5) is 24.8. The number of nitrogens with zero attached hydrogens (tertiary/aromatic N) is 1. The standard InChI is InChI=1S/C11H23N3O2/c1-4-6-9(7-12)11(16)14(5-2)8-10(15)13-3/h9H,4-8,12H2,1-3H3,(H,13,15). The number of hydrogen-bond donors (Lipinski definition) is 2. The Balaban J connectivity index is 4.43. The minimum Gasteiger partial charge on any atom is -0.358 e. The normalized spacial score (nSPS) is 12.0. The van der Waals surface area contributed by atoms with Crippen LogP contribution in [0, 0.1) is 5.92 Å². The summed E-state index contributed by atoms with van der Waals surface area (Å²) in [5.74, 6) is -0.326. The maximum absolute atomic E-state index is 12.0. The second-order valence-corrected chi connectivity index (χ2v) is 3.75. The molecule has 5 heteroatoms. The molecule has 0 bridgehead atoms. The summed E-state index contributed by atoms with van der Waals surface area (Å²) in [5.41, 5.74) is 5.57. The minimum atomic E-state index is -0.158. The van der Waals surface area contributed by atoms with Gasteiger partial charge in [-0.3, -0.25) is 9.59 Å². The first-order valence-electron chi connectivity index (χ1n) is 5.80. The van der Waals surface area contributed by atoms with Crippen molar-refractivity contribution in [3.8, 4) is 0 Å². The number of carbonyl (C=O) groups is 2. The second-order valence-electron chi connectivity index (χ2n) is 3.75. The van der Waals surface area contributed by atoms with Gasteiger partial charge in [-0.15, -0.1) is 0 Å². The van der Waals surface area contributed by atoms with Crippen molar-refractivity contribution < 1.29 is 9.59 Å². The lowest BCUT2D eigenvalue weighted by atomic mass is 10.0. The van der Waals surface area contributed by atoms with Crippen LogP contribution < -0.4 is 11.1 Å². The number of nitrogens with one attached hydrogen (secondary N) is 1. The summed E-state index contributed by atoms with van der Waals surface area (Å²) < 4.78 is 0. The molecule has 0 saturated carbocycles. The van der Waals surface area contributed by atoms with Gasteiger partial charge in [0.2, 0.25) is 11.8 Å². The zero-order chi connectivity index (χ0) is 12.6. The highest BCUT2D eigenvalue weighted by atomic mass is 16.2. The highest BCUT2D eigenvalue weighted by Gasteiger charge is 2.22. The van der Waals surface area contributed by atoms with E-state index in [4.69, 9.17) is 5.73 Å². The summed E-state index contributed by atoms with van der Waals surface area (Å²) in [6.45, 7) is 4.88. The van der Waals surface area contributed by atoms with Crippen molar-refractivity contribution in [2.45, 2.75) is 26.7 Å². The molecule has 2 amide bonds. The van der Waals surface area contributed by atoms with E-state index in [0.717, 1.165) is 12.8 Å². The average Bonchev–Trinajstić information content (AvgIpc) is 2.31. The Labute approximate surface area is 97.4 Å². The van der Waals surface area contributed by atoms with Crippen LogP contribution in [-0.4, -0.2) is 43.4 Å². The first-order valence-corrected chi connectivity index (χ1v) is 5.80. The SMILES string of the molecule is CCCC(CN)C(=O)N(CC)CC(=O)NC. The lowest BCUT2D eigenvalue weighted by Crippen LogP contribution is -2.44. The fourth-order valence-electron chi connectivity index (χ4n) is 1.55. The van der Waals surface area contributed by atoms with Gasteiger partial charge in [0.15, 0.2) is 0 Å². The fraction of sp³-hybridized carbons (Fsp3) is 0.818. The minimum absolute atomic E-state index is 0.0181. The Bertz CT molecular complexity index is 231. The van der Waals surface area contributed by atoms with Crippen molar-refractivity contribution in [2.24, 2.45) is 11.7 Å². The first kappa shape index (κ1) is 14.9. The molecule has 1 atom stereocenters. The van der Waals surface area contributed by atoms with Crippen LogP contribution in [-0.2, 0) is 9.59 Å². The third-order valence-electron chi connectivity index (χ3n) is 2.58. The van der Waals surface area contributed by atoms with Crippen molar-refractivity contribution in [2.75, 3.05) is 26.7 Å². The van der Waals surface area contributed by atoms with Crippen molar-refractivity contribution in [1.29, 1.82) is 0 Å². The monoisotopic (exact) mass is 229 g/mol. The van der Waals surface area contributed by atoms with Crippen molar-refractivity contribution in [3.05, 3.63) is 0 Å². The van der Waals surface area contributed by atoms with Gasteiger partial charge in [0.1, 0.15) is 0 Å². The van der Waals surface area contributed by atoms with Crippen LogP contribution in [0.2, 0.25) is 0 Å². The molecule has 0 aliphatic heterocycles. The molecule has 5 nitrogen and oxygen atoms in total. The van der Waals surface area contributed by atoms with E-state index in [0.29, 0.717) is 13.1 Å². The smallest absolute Gasteiger partial charge is 0.239 e. The van der Waals surface area contributed by atoms with Gasteiger partial charge in [0, 0.05) is 20.1 Å². The number of nitrogens with two attached hydrogens (primary N) is 1. The molecule has 0 aromatic carbocycles. The molecule has 0 aliphatic carbocycles. The summed E-state index contributed by atoms with van der Waals surface area (Å²) in [6.07, 6.45) is 1.70. The largest absolute Gasteiger partial charge is 0.358 e. The van der Waals surface area contributed by atoms with Gasteiger partial charge >= 0.3 is 0 Å². The van der Waals surface area contributed by atoms with Crippen molar-refractivity contribution in [3.63, 3.8) is 0 Å². The predicted octanol–water partition coefficient (Wildman–Crippen LogP) is -0.0441. The van der Waals surface area contributed by atoms with E-state index in [1.165, 1.54) is 0 Å². The molecule has 0 aliphatic rings. The number of amides is 2. The molecular formula is C11H23N3O2. The lowest BCUT2D eigenvalue weighted by molar-refractivity contribution is -0.139. The van der Waals surface area contributed by atoms with E-state index in [-0.39, 0.29) is 24.3 Å². The van der Waals surface area contributed by atoms with Crippen LogP contribution in [0.5, 0.6) is 0 Å². The Hall–Kier alpha value is -1.10. The molecule has 0 radical (unpaired) electrons. The van der Waals surface area contributed by atoms with Gasteiger partial charge in [0.25, 0.3) is 0 Å². The number of rotatable bonds is 7. The first-order chi connectivity index (χ1) is 7.60. The van der Waals surface area contributed by atoms with E-state index in [9.17, 15) is 9.59 Å². The second kappa shape index (κ2) is 8.10. The highest BCUT2D eigenvalue weighted by Crippen LogP contribution is 2.09. The molecule has 16 heavy (non-hydrogen) atoms. The van der Waals surface area contributed by atoms with Crippen molar-refractivity contribution >= 4 is 11.8 Å². The van der Waals surface area contributed by atoms with E-state index in [1.54, 1.807) is 11.9 Å². The zero-order valence-corrected chi connectivity index (χ0v) is 10.5. The van der Waals surface area contributed by atoms with Gasteiger partial charge < -0.3 is 16.0 Å². The van der Waals surface area contributed by atoms with Gasteiger partial charge in [-0.2, -0.15) is 0 Å². The van der Waals surface area contributed by atoms with Crippen LogP contribution in [0.3, 0.4) is 0 Å². The van der Waals surface area contributed by atoms with Crippen molar-refractivity contribution in [1.82, 2.24) is 10.2 Å². The molecule has 0 saturated heterocycles. The molecule has 1 unspecified atom stereocenters. The Kier molecular flexibility index (Phi) is 7.54. The number of likely N-dealkylation sites (N-methyl/N-ethyl adjacent to an activating group) is 2.